The van der Waals surface area contributed by atoms with Gasteiger partial charge in [0, 0.05) is 10.8 Å². The highest BCUT2D eigenvalue weighted by Crippen LogP contribution is 2.41. The molecule has 2 nitrogen and oxygen atoms in total. The van der Waals surface area contributed by atoms with E-state index in [1.54, 1.807) is 0 Å². The molecule has 0 saturated heterocycles. The van der Waals surface area contributed by atoms with Crippen molar-refractivity contribution in [3.63, 3.8) is 0 Å². The number of benzene rings is 5. The van der Waals surface area contributed by atoms with Crippen LogP contribution in [0, 0.1) is 39.0 Å². The molecule has 1 aromatic heterocycles. The summed E-state index contributed by atoms with van der Waals surface area (Å²) in [6.07, 6.45) is 0. The normalized spacial score (nSPS) is 11.2. The SMILES string of the molecule is Cc1c(C)c(-c2ccc(-c3ccccc3)cc2)c(C)c(-n2c3ccccc3c3cc(C#N)ccc32)c1C. The van der Waals surface area contributed by atoms with Crippen LogP contribution in [0.2, 0.25) is 0 Å². The van der Waals surface area contributed by atoms with Crippen molar-refractivity contribution in [3.05, 3.63) is 125 Å². The Balaban J connectivity index is 1.63. The van der Waals surface area contributed by atoms with Gasteiger partial charge in [-0.25, -0.2) is 0 Å². The fraction of sp³-hybridized carbons (Fsp3) is 0.114. The van der Waals surface area contributed by atoms with E-state index in [0.29, 0.717) is 5.56 Å². The van der Waals surface area contributed by atoms with Crippen LogP contribution in [0.25, 0.3) is 49.7 Å². The van der Waals surface area contributed by atoms with E-state index in [9.17, 15) is 5.26 Å². The lowest BCUT2D eigenvalue weighted by molar-refractivity contribution is 1.09. The van der Waals surface area contributed by atoms with Crippen LogP contribution in [0.4, 0.5) is 0 Å². The Hall–Kier alpha value is -4.61. The fourth-order valence-electron chi connectivity index (χ4n) is 5.84. The highest BCUT2D eigenvalue weighted by Gasteiger charge is 2.21. The molecule has 0 bridgehead atoms. The molecular weight excluding hydrogens is 448 g/mol. The van der Waals surface area contributed by atoms with E-state index < -0.39 is 0 Å². The standard InChI is InChI=1S/C35H28N2/c1-22-23(2)34(29-17-15-28(16-18-29)27-10-6-5-7-11-27)25(4)35(24(22)3)37-32-13-9-8-12-30(32)31-20-26(21-36)14-19-33(31)37/h5-20H,1-4H3. The molecule has 0 spiro atoms. The third-order valence-corrected chi connectivity index (χ3v) is 7.89. The Kier molecular flexibility index (Phi) is 5.43. The van der Waals surface area contributed by atoms with Crippen molar-refractivity contribution in [2.24, 2.45) is 0 Å². The summed E-state index contributed by atoms with van der Waals surface area (Å²) >= 11 is 0. The molecule has 0 amide bonds. The lowest BCUT2D eigenvalue weighted by atomic mass is 9.87. The zero-order valence-electron chi connectivity index (χ0n) is 21.6. The average Bonchev–Trinajstić information content (AvgIpc) is 3.26. The van der Waals surface area contributed by atoms with Gasteiger partial charge in [0.2, 0.25) is 0 Å². The van der Waals surface area contributed by atoms with Crippen LogP contribution in [-0.2, 0) is 0 Å². The van der Waals surface area contributed by atoms with Crippen molar-refractivity contribution < 1.29 is 0 Å². The molecule has 0 unspecified atom stereocenters. The van der Waals surface area contributed by atoms with Crippen molar-refractivity contribution in [2.45, 2.75) is 27.7 Å². The summed E-state index contributed by atoms with van der Waals surface area (Å²) in [6.45, 7) is 8.96. The Morgan fingerprint density at radius 2 is 1.16 bits per heavy atom. The number of fused-ring (bicyclic) bond motifs is 3. The minimum absolute atomic E-state index is 0.683. The van der Waals surface area contributed by atoms with Gasteiger partial charge in [-0.05, 0) is 96.5 Å². The third kappa shape index (κ3) is 3.55. The van der Waals surface area contributed by atoms with Crippen LogP contribution in [0.5, 0.6) is 0 Å². The van der Waals surface area contributed by atoms with Crippen molar-refractivity contribution in [1.29, 1.82) is 5.26 Å². The topological polar surface area (TPSA) is 28.7 Å². The van der Waals surface area contributed by atoms with E-state index in [1.165, 1.54) is 55.6 Å². The Morgan fingerprint density at radius 1 is 0.541 bits per heavy atom. The molecule has 6 rings (SSSR count). The number of nitriles is 1. The lowest BCUT2D eigenvalue weighted by Crippen LogP contribution is -2.06. The van der Waals surface area contributed by atoms with E-state index in [0.717, 1.165) is 16.4 Å². The van der Waals surface area contributed by atoms with Gasteiger partial charge in [0.15, 0.2) is 0 Å². The van der Waals surface area contributed by atoms with Gasteiger partial charge in [0.1, 0.15) is 0 Å². The zero-order valence-corrected chi connectivity index (χ0v) is 21.6. The van der Waals surface area contributed by atoms with Crippen LogP contribution in [0.1, 0.15) is 27.8 Å². The number of para-hydroxylation sites is 1. The zero-order chi connectivity index (χ0) is 25.7. The number of hydrogen-bond donors (Lipinski definition) is 0. The Morgan fingerprint density at radius 3 is 1.89 bits per heavy atom. The van der Waals surface area contributed by atoms with E-state index in [4.69, 9.17) is 0 Å². The molecule has 5 aromatic carbocycles. The molecule has 6 aromatic rings. The number of hydrogen-bond acceptors (Lipinski definition) is 1. The van der Waals surface area contributed by atoms with Crippen molar-refractivity contribution in [2.75, 3.05) is 0 Å². The molecule has 0 radical (unpaired) electrons. The van der Waals surface area contributed by atoms with Gasteiger partial charge >= 0.3 is 0 Å². The second-order valence-corrected chi connectivity index (χ2v) is 9.86. The minimum atomic E-state index is 0.683. The average molecular weight is 477 g/mol. The quantitative estimate of drug-likeness (QED) is 0.250. The third-order valence-electron chi connectivity index (χ3n) is 7.89. The molecule has 1 heterocycles. The highest BCUT2D eigenvalue weighted by molar-refractivity contribution is 6.10. The first-order valence-corrected chi connectivity index (χ1v) is 12.7. The summed E-state index contributed by atoms with van der Waals surface area (Å²) < 4.78 is 2.39. The first kappa shape index (κ1) is 22.8. The molecule has 0 aliphatic carbocycles. The highest BCUT2D eigenvalue weighted by atomic mass is 15.0. The summed E-state index contributed by atoms with van der Waals surface area (Å²) in [4.78, 5) is 0. The van der Waals surface area contributed by atoms with Gasteiger partial charge in [-0.2, -0.15) is 5.26 Å². The molecule has 0 aliphatic heterocycles. The molecule has 0 saturated carbocycles. The maximum Gasteiger partial charge on any atom is 0.0991 e. The number of aromatic nitrogens is 1. The van der Waals surface area contributed by atoms with Gasteiger partial charge in [-0.15, -0.1) is 0 Å². The lowest BCUT2D eigenvalue weighted by Gasteiger charge is -2.23. The maximum absolute atomic E-state index is 9.55. The molecule has 37 heavy (non-hydrogen) atoms. The van der Waals surface area contributed by atoms with Crippen LogP contribution in [-0.4, -0.2) is 4.57 Å². The molecule has 178 valence electrons. The largest absolute Gasteiger partial charge is 0.309 e. The van der Waals surface area contributed by atoms with E-state index in [-0.39, 0.29) is 0 Å². The van der Waals surface area contributed by atoms with E-state index in [2.05, 4.69) is 123 Å². The summed E-state index contributed by atoms with van der Waals surface area (Å²) in [6, 6.07) is 36.3. The van der Waals surface area contributed by atoms with Crippen LogP contribution < -0.4 is 0 Å². The number of nitrogens with zero attached hydrogens (tertiary/aromatic N) is 2. The second-order valence-electron chi connectivity index (χ2n) is 9.86. The predicted molar refractivity (Wildman–Crippen MR) is 155 cm³/mol. The Labute approximate surface area is 218 Å². The molecule has 0 N–H and O–H groups in total. The smallest absolute Gasteiger partial charge is 0.0991 e. The van der Waals surface area contributed by atoms with Gasteiger partial charge < -0.3 is 4.57 Å². The predicted octanol–water partition coefficient (Wildman–Crippen LogP) is 9.22. The maximum atomic E-state index is 9.55. The van der Waals surface area contributed by atoms with Crippen molar-refractivity contribution in [1.82, 2.24) is 4.57 Å². The van der Waals surface area contributed by atoms with Crippen molar-refractivity contribution in [3.8, 4) is 34.0 Å². The first-order valence-electron chi connectivity index (χ1n) is 12.7. The van der Waals surface area contributed by atoms with Gasteiger partial charge in [-0.1, -0.05) is 72.8 Å². The van der Waals surface area contributed by atoms with Crippen LogP contribution >= 0.6 is 0 Å². The van der Waals surface area contributed by atoms with Gasteiger partial charge in [0.25, 0.3) is 0 Å². The fourth-order valence-corrected chi connectivity index (χ4v) is 5.84. The van der Waals surface area contributed by atoms with Crippen LogP contribution in [0.15, 0.2) is 97.1 Å². The summed E-state index contributed by atoms with van der Waals surface area (Å²) in [5.41, 5.74) is 14.3. The van der Waals surface area contributed by atoms with E-state index >= 15 is 0 Å². The monoisotopic (exact) mass is 476 g/mol. The van der Waals surface area contributed by atoms with Gasteiger partial charge in [-0.3, -0.25) is 0 Å². The molecule has 0 fully saturated rings. The van der Waals surface area contributed by atoms with E-state index in [1.807, 2.05) is 12.1 Å². The molecule has 0 aliphatic rings. The molecular formula is C35H28N2. The summed E-state index contributed by atoms with van der Waals surface area (Å²) in [5, 5.41) is 11.8. The number of rotatable bonds is 3. The van der Waals surface area contributed by atoms with Crippen LogP contribution in [0.3, 0.4) is 0 Å². The summed E-state index contributed by atoms with van der Waals surface area (Å²) in [7, 11) is 0. The summed E-state index contributed by atoms with van der Waals surface area (Å²) in [5.74, 6) is 0. The minimum Gasteiger partial charge on any atom is -0.309 e. The second kappa shape index (κ2) is 8.80. The first-order chi connectivity index (χ1) is 18.0. The van der Waals surface area contributed by atoms with Gasteiger partial charge in [0.05, 0.1) is 28.4 Å². The Bertz CT molecular complexity index is 1850. The molecule has 0 atom stereocenters. The van der Waals surface area contributed by atoms with Crippen molar-refractivity contribution >= 4 is 21.8 Å². The molecule has 2 heteroatoms.